The van der Waals surface area contributed by atoms with Gasteiger partial charge in [-0.15, -0.1) is 0 Å². The van der Waals surface area contributed by atoms with E-state index in [1.165, 1.54) is 4.57 Å². The number of imidazole rings is 1. The molecule has 0 atom stereocenters. The number of fused-ring (bicyclic) bond motifs is 1. The third kappa shape index (κ3) is 4.36. The maximum absolute atomic E-state index is 13.6. The zero-order valence-electron chi connectivity index (χ0n) is 19.1. The Hall–Kier alpha value is -4.16. The molecular formula is C25H27N7O2. The predicted octanol–water partition coefficient (Wildman–Crippen LogP) is 2.11. The zero-order chi connectivity index (χ0) is 24.1. The second-order valence-electron chi connectivity index (χ2n) is 7.99. The number of hydrogen-bond acceptors (Lipinski definition) is 6. The van der Waals surface area contributed by atoms with Crippen molar-refractivity contribution >= 4 is 17.1 Å². The Balaban J connectivity index is 2.00. The first kappa shape index (κ1) is 23.0. The Labute approximate surface area is 196 Å². The van der Waals surface area contributed by atoms with Crippen molar-refractivity contribution in [2.45, 2.75) is 33.0 Å². The van der Waals surface area contributed by atoms with E-state index in [1.807, 2.05) is 49.4 Å². The topological polar surface area (TPSA) is 124 Å². The van der Waals surface area contributed by atoms with Crippen LogP contribution in [0, 0.1) is 11.3 Å². The van der Waals surface area contributed by atoms with Gasteiger partial charge in [-0.25, -0.2) is 4.79 Å². The van der Waals surface area contributed by atoms with Crippen molar-refractivity contribution in [3.8, 4) is 6.07 Å². The van der Waals surface area contributed by atoms with E-state index in [4.69, 9.17) is 5.73 Å². The van der Waals surface area contributed by atoms with E-state index in [-0.39, 0.29) is 13.1 Å². The van der Waals surface area contributed by atoms with Crippen LogP contribution in [0.3, 0.4) is 0 Å². The Kier molecular flexibility index (Phi) is 6.90. The molecule has 3 N–H and O–H groups in total. The summed E-state index contributed by atoms with van der Waals surface area (Å²) in [5.74, 6) is 0.431. The van der Waals surface area contributed by atoms with Gasteiger partial charge in [0.25, 0.3) is 5.56 Å². The summed E-state index contributed by atoms with van der Waals surface area (Å²) in [5.41, 5.74) is 7.73. The maximum Gasteiger partial charge on any atom is 0.333 e. The summed E-state index contributed by atoms with van der Waals surface area (Å²) in [6.07, 6.45) is 0.635. The molecule has 2 aromatic carbocycles. The van der Waals surface area contributed by atoms with Crippen LogP contribution in [0.4, 0.5) is 5.95 Å². The molecule has 0 unspecified atom stereocenters. The lowest BCUT2D eigenvalue weighted by Gasteiger charge is -2.13. The van der Waals surface area contributed by atoms with Gasteiger partial charge in [-0.05, 0) is 23.6 Å². The minimum atomic E-state index is -0.395. The Bertz CT molecular complexity index is 1460. The van der Waals surface area contributed by atoms with Gasteiger partial charge in [0.05, 0.1) is 24.7 Å². The van der Waals surface area contributed by atoms with Gasteiger partial charge in [0.15, 0.2) is 11.2 Å². The number of benzene rings is 2. The normalized spacial score (nSPS) is 11.0. The van der Waals surface area contributed by atoms with Crippen molar-refractivity contribution in [1.29, 1.82) is 5.26 Å². The van der Waals surface area contributed by atoms with E-state index in [0.29, 0.717) is 48.7 Å². The first-order valence-corrected chi connectivity index (χ1v) is 11.3. The van der Waals surface area contributed by atoms with Crippen molar-refractivity contribution in [2.75, 3.05) is 18.4 Å². The molecule has 2 heterocycles. The summed E-state index contributed by atoms with van der Waals surface area (Å²) < 4.78 is 4.56. The number of nitrogens with zero attached hydrogens (tertiary/aromatic N) is 5. The van der Waals surface area contributed by atoms with E-state index >= 15 is 0 Å². The number of nitrogens with two attached hydrogens (primary N) is 1. The highest BCUT2D eigenvalue weighted by Gasteiger charge is 2.22. The van der Waals surface area contributed by atoms with Gasteiger partial charge in [-0.1, -0.05) is 55.5 Å². The number of nitriles is 1. The molecule has 2 aromatic heterocycles. The fourth-order valence-electron chi connectivity index (χ4n) is 4.03. The molecule has 0 aliphatic carbocycles. The molecule has 0 bridgehead atoms. The number of hydrogen-bond donors (Lipinski definition) is 2. The van der Waals surface area contributed by atoms with Crippen LogP contribution < -0.4 is 22.3 Å². The van der Waals surface area contributed by atoms with Gasteiger partial charge < -0.3 is 11.1 Å². The maximum atomic E-state index is 13.6. The fourth-order valence-corrected chi connectivity index (χ4v) is 4.03. The minimum absolute atomic E-state index is 0.248. The summed E-state index contributed by atoms with van der Waals surface area (Å²) in [6, 6.07) is 19.0. The van der Waals surface area contributed by atoms with Crippen LogP contribution in [0.15, 0.2) is 64.2 Å². The Morgan fingerprint density at radius 1 is 1.00 bits per heavy atom. The molecule has 0 aliphatic rings. The van der Waals surface area contributed by atoms with Crippen molar-refractivity contribution < 1.29 is 0 Å². The number of nitrogens with one attached hydrogen (secondary N) is 1. The van der Waals surface area contributed by atoms with Crippen LogP contribution >= 0.6 is 0 Å². The average molecular weight is 458 g/mol. The SMILES string of the molecule is CCCn1c(=O)c2c(nc(NCCN)n2Cc2ccccc2C#N)n(Cc2ccccc2)c1=O. The molecular weight excluding hydrogens is 430 g/mol. The fraction of sp³-hybridized carbons (Fsp3) is 0.280. The van der Waals surface area contributed by atoms with E-state index in [2.05, 4.69) is 16.4 Å². The highest BCUT2D eigenvalue weighted by Crippen LogP contribution is 2.20. The zero-order valence-corrected chi connectivity index (χ0v) is 19.1. The second-order valence-corrected chi connectivity index (χ2v) is 7.99. The number of aromatic nitrogens is 4. The lowest BCUT2D eigenvalue weighted by molar-refractivity contribution is 0.577. The first-order chi connectivity index (χ1) is 16.6. The van der Waals surface area contributed by atoms with E-state index in [9.17, 15) is 14.9 Å². The summed E-state index contributed by atoms with van der Waals surface area (Å²) in [4.78, 5) is 31.6. The minimum Gasteiger partial charge on any atom is -0.354 e. The van der Waals surface area contributed by atoms with Gasteiger partial charge in [-0.3, -0.25) is 18.5 Å². The smallest absolute Gasteiger partial charge is 0.333 e. The van der Waals surface area contributed by atoms with Crippen LogP contribution in [0.5, 0.6) is 0 Å². The quantitative estimate of drug-likeness (QED) is 0.397. The van der Waals surface area contributed by atoms with E-state index < -0.39 is 11.2 Å². The molecule has 0 saturated heterocycles. The standard InChI is InChI=1S/C25H27N7O2/c1-2-14-30-23(33)21-22(32(25(30)34)16-18-8-4-3-5-9-18)29-24(28-13-12-26)31(21)17-20-11-7-6-10-19(20)15-27/h3-11H,2,12-14,16-17,26H2,1H3,(H,28,29). The number of rotatable bonds is 9. The van der Waals surface area contributed by atoms with Gasteiger partial charge in [0.2, 0.25) is 5.95 Å². The molecule has 0 amide bonds. The lowest BCUT2D eigenvalue weighted by Crippen LogP contribution is -2.40. The molecule has 4 rings (SSSR count). The van der Waals surface area contributed by atoms with Gasteiger partial charge in [0, 0.05) is 19.6 Å². The Morgan fingerprint density at radius 2 is 1.74 bits per heavy atom. The van der Waals surface area contributed by atoms with Crippen molar-refractivity contribution in [3.63, 3.8) is 0 Å². The van der Waals surface area contributed by atoms with Crippen molar-refractivity contribution in [3.05, 3.63) is 92.1 Å². The molecule has 34 heavy (non-hydrogen) atoms. The summed E-state index contributed by atoms with van der Waals surface area (Å²) >= 11 is 0. The van der Waals surface area contributed by atoms with Gasteiger partial charge >= 0.3 is 5.69 Å². The summed E-state index contributed by atoms with van der Waals surface area (Å²) in [7, 11) is 0. The summed E-state index contributed by atoms with van der Waals surface area (Å²) in [6.45, 7) is 3.56. The number of anilines is 1. The Morgan fingerprint density at radius 3 is 2.44 bits per heavy atom. The highest BCUT2D eigenvalue weighted by molar-refractivity contribution is 5.75. The largest absolute Gasteiger partial charge is 0.354 e. The van der Waals surface area contributed by atoms with E-state index in [1.54, 1.807) is 21.3 Å². The average Bonchev–Trinajstić information content (AvgIpc) is 3.22. The third-order valence-corrected chi connectivity index (χ3v) is 5.64. The van der Waals surface area contributed by atoms with Gasteiger partial charge in [0.1, 0.15) is 0 Å². The van der Waals surface area contributed by atoms with Gasteiger partial charge in [-0.2, -0.15) is 10.2 Å². The first-order valence-electron chi connectivity index (χ1n) is 11.3. The van der Waals surface area contributed by atoms with Crippen LogP contribution in [-0.2, 0) is 19.6 Å². The third-order valence-electron chi connectivity index (χ3n) is 5.64. The lowest BCUT2D eigenvalue weighted by atomic mass is 10.1. The highest BCUT2D eigenvalue weighted by atomic mass is 16.2. The molecule has 0 spiro atoms. The monoisotopic (exact) mass is 457 g/mol. The molecule has 0 aliphatic heterocycles. The van der Waals surface area contributed by atoms with E-state index in [0.717, 1.165) is 11.1 Å². The molecule has 9 nitrogen and oxygen atoms in total. The molecule has 9 heteroatoms. The van der Waals surface area contributed by atoms with Crippen LogP contribution in [0.25, 0.3) is 11.2 Å². The van der Waals surface area contributed by atoms with Crippen molar-refractivity contribution in [1.82, 2.24) is 18.7 Å². The molecule has 174 valence electrons. The molecule has 4 aromatic rings. The van der Waals surface area contributed by atoms with Crippen LogP contribution in [0.2, 0.25) is 0 Å². The van der Waals surface area contributed by atoms with Crippen molar-refractivity contribution in [2.24, 2.45) is 5.73 Å². The summed E-state index contributed by atoms with van der Waals surface area (Å²) in [5, 5.41) is 12.7. The molecule has 0 radical (unpaired) electrons. The second kappa shape index (κ2) is 10.2. The molecule has 0 saturated carbocycles. The predicted molar refractivity (Wildman–Crippen MR) is 132 cm³/mol. The molecule has 0 fully saturated rings. The van der Waals surface area contributed by atoms with Crippen LogP contribution in [-0.4, -0.2) is 31.8 Å². The van der Waals surface area contributed by atoms with Crippen LogP contribution in [0.1, 0.15) is 30.0 Å².